The van der Waals surface area contributed by atoms with Crippen LogP contribution in [0.1, 0.15) is 0 Å². The Morgan fingerprint density at radius 1 is 0.385 bits per heavy atom. The first-order valence-electron chi connectivity index (χ1n) is 13.3. The summed E-state index contributed by atoms with van der Waals surface area (Å²) in [6.45, 7) is 0. The van der Waals surface area contributed by atoms with Crippen LogP contribution in [0, 0.1) is 0 Å². The fourth-order valence-electron chi connectivity index (χ4n) is 6.45. The fraction of sp³-hybridized carbons (Fsp3) is 0. The monoisotopic (exact) mass is 514 g/mol. The van der Waals surface area contributed by atoms with Gasteiger partial charge in [-0.15, -0.1) is 11.3 Å². The van der Waals surface area contributed by atoms with Gasteiger partial charge in [-0.05, 0) is 54.6 Å². The summed E-state index contributed by atoms with van der Waals surface area (Å²) in [5.41, 5.74) is 7.29. The van der Waals surface area contributed by atoms with Gasteiger partial charge in [0.2, 0.25) is 0 Å². The highest BCUT2D eigenvalue weighted by molar-refractivity contribution is 7.26. The maximum Gasteiger partial charge on any atom is 0.0562 e. The Labute approximate surface area is 228 Å². The van der Waals surface area contributed by atoms with Crippen molar-refractivity contribution in [2.75, 3.05) is 0 Å². The second-order valence-electron chi connectivity index (χ2n) is 10.2. The van der Waals surface area contributed by atoms with Gasteiger partial charge in [-0.25, -0.2) is 0 Å². The molecule has 6 aromatic carbocycles. The lowest BCUT2D eigenvalue weighted by Gasteiger charge is -2.10. The van der Waals surface area contributed by atoms with Crippen molar-refractivity contribution in [1.82, 2.24) is 9.13 Å². The van der Waals surface area contributed by atoms with Gasteiger partial charge in [0, 0.05) is 53.1 Å². The number of aromatic nitrogens is 2. The van der Waals surface area contributed by atoms with Crippen LogP contribution >= 0.6 is 11.3 Å². The van der Waals surface area contributed by atoms with E-state index in [4.69, 9.17) is 0 Å². The molecule has 0 aliphatic heterocycles. The molecule has 3 heteroatoms. The summed E-state index contributed by atoms with van der Waals surface area (Å²) < 4.78 is 7.55. The average Bonchev–Trinajstić information content (AvgIpc) is 3.64. The molecule has 0 unspecified atom stereocenters. The molecule has 39 heavy (non-hydrogen) atoms. The van der Waals surface area contributed by atoms with Gasteiger partial charge < -0.3 is 9.13 Å². The minimum Gasteiger partial charge on any atom is -0.309 e. The number of rotatable bonds is 2. The molecule has 0 radical (unpaired) electrons. The summed E-state index contributed by atoms with van der Waals surface area (Å²) in [4.78, 5) is 0. The van der Waals surface area contributed by atoms with Crippen LogP contribution in [-0.2, 0) is 0 Å². The summed E-state index contributed by atoms with van der Waals surface area (Å²) in [5.74, 6) is 0. The fourth-order valence-corrected chi connectivity index (χ4v) is 7.71. The summed E-state index contributed by atoms with van der Waals surface area (Å²) in [6, 6.07) is 48.5. The third-order valence-corrected chi connectivity index (χ3v) is 9.30. The van der Waals surface area contributed by atoms with E-state index in [0.29, 0.717) is 0 Å². The average molecular weight is 515 g/mol. The van der Waals surface area contributed by atoms with E-state index in [2.05, 4.69) is 143 Å². The van der Waals surface area contributed by atoms with Crippen LogP contribution in [0.4, 0.5) is 0 Å². The molecule has 0 aliphatic carbocycles. The number of para-hydroxylation sites is 3. The van der Waals surface area contributed by atoms with Gasteiger partial charge in [-0.1, -0.05) is 78.9 Å². The van der Waals surface area contributed by atoms with Crippen molar-refractivity contribution >= 4 is 75.1 Å². The SMILES string of the molecule is c1ccc(-n2c3ccccc3c3cc4c5c6sc7ccccc7c6ccc5n(-c5ccccc5)c4cc32)cc1. The first-order valence-corrected chi connectivity index (χ1v) is 14.1. The zero-order valence-electron chi connectivity index (χ0n) is 21.0. The molecule has 2 nitrogen and oxygen atoms in total. The van der Waals surface area contributed by atoms with E-state index in [1.165, 1.54) is 75.2 Å². The Bertz CT molecular complexity index is 2370. The van der Waals surface area contributed by atoms with Crippen molar-refractivity contribution in [3.63, 3.8) is 0 Å². The highest BCUT2D eigenvalue weighted by atomic mass is 32.1. The molecule has 9 rings (SSSR count). The maximum atomic E-state index is 2.45. The van der Waals surface area contributed by atoms with Crippen LogP contribution < -0.4 is 0 Å². The first-order chi connectivity index (χ1) is 19.4. The first kappa shape index (κ1) is 21.1. The molecule has 3 aromatic heterocycles. The van der Waals surface area contributed by atoms with Crippen molar-refractivity contribution in [2.45, 2.75) is 0 Å². The van der Waals surface area contributed by atoms with E-state index in [0.717, 1.165) is 0 Å². The van der Waals surface area contributed by atoms with Gasteiger partial charge in [0.25, 0.3) is 0 Å². The van der Waals surface area contributed by atoms with Gasteiger partial charge in [-0.2, -0.15) is 0 Å². The zero-order chi connectivity index (χ0) is 25.5. The molecular weight excluding hydrogens is 492 g/mol. The molecule has 0 saturated heterocycles. The van der Waals surface area contributed by atoms with Crippen molar-refractivity contribution < 1.29 is 0 Å². The van der Waals surface area contributed by atoms with Crippen LogP contribution in [-0.4, -0.2) is 9.13 Å². The molecule has 9 aromatic rings. The Morgan fingerprint density at radius 2 is 1.00 bits per heavy atom. The molecular formula is C36H22N2S. The molecule has 0 fully saturated rings. The van der Waals surface area contributed by atoms with Gasteiger partial charge >= 0.3 is 0 Å². The van der Waals surface area contributed by atoms with Crippen molar-refractivity contribution in [1.29, 1.82) is 0 Å². The van der Waals surface area contributed by atoms with Crippen LogP contribution in [0.15, 0.2) is 133 Å². The lowest BCUT2D eigenvalue weighted by atomic mass is 10.1. The highest BCUT2D eigenvalue weighted by Crippen LogP contribution is 2.45. The second-order valence-corrected chi connectivity index (χ2v) is 11.2. The normalized spacial score (nSPS) is 12.1. The Kier molecular flexibility index (Phi) is 4.24. The van der Waals surface area contributed by atoms with Crippen molar-refractivity contribution in [3.8, 4) is 11.4 Å². The third kappa shape index (κ3) is 2.85. The summed E-state index contributed by atoms with van der Waals surface area (Å²) in [7, 11) is 0. The van der Waals surface area contributed by atoms with Crippen LogP contribution in [0.3, 0.4) is 0 Å². The Morgan fingerprint density at radius 3 is 1.77 bits per heavy atom. The van der Waals surface area contributed by atoms with Gasteiger partial charge in [0.15, 0.2) is 0 Å². The largest absolute Gasteiger partial charge is 0.309 e. The predicted octanol–water partition coefficient (Wildman–Crippen LogP) is 10.2. The molecule has 0 bridgehead atoms. The lowest BCUT2D eigenvalue weighted by molar-refractivity contribution is 1.16. The Hall–Kier alpha value is -4.86. The van der Waals surface area contributed by atoms with E-state index in [-0.39, 0.29) is 0 Å². The van der Waals surface area contributed by atoms with E-state index in [1.54, 1.807) is 0 Å². The zero-order valence-corrected chi connectivity index (χ0v) is 21.8. The number of nitrogens with zero attached hydrogens (tertiary/aromatic N) is 2. The van der Waals surface area contributed by atoms with Crippen LogP contribution in [0.25, 0.3) is 75.2 Å². The third-order valence-electron chi connectivity index (χ3n) is 8.09. The molecule has 0 atom stereocenters. The maximum absolute atomic E-state index is 2.45. The van der Waals surface area contributed by atoms with Crippen LogP contribution in [0.5, 0.6) is 0 Å². The molecule has 0 spiro atoms. The summed E-state index contributed by atoms with van der Waals surface area (Å²) >= 11 is 1.91. The topological polar surface area (TPSA) is 9.86 Å². The highest BCUT2D eigenvalue weighted by Gasteiger charge is 2.20. The predicted molar refractivity (Wildman–Crippen MR) is 168 cm³/mol. The van der Waals surface area contributed by atoms with E-state index < -0.39 is 0 Å². The molecule has 0 saturated carbocycles. The molecule has 182 valence electrons. The number of fused-ring (bicyclic) bond motifs is 10. The quantitative estimate of drug-likeness (QED) is 0.217. The van der Waals surface area contributed by atoms with Crippen LogP contribution in [0.2, 0.25) is 0 Å². The van der Waals surface area contributed by atoms with Gasteiger partial charge in [0.1, 0.15) is 0 Å². The minimum atomic E-state index is 1.18. The number of hydrogen-bond donors (Lipinski definition) is 0. The molecule has 3 heterocycles. The van der Waals surface area contributed by atoms with Gasteiger partial charge in [-0.3, -0.25) is 0 Å². The molecule has 0 aliphatic rings. The Balaban J connectivity index is 1.54. The number of hydrogen-bond acceptors (Lipinski definition) is 1. The molecule has 0 N–H and O–H groups in total. The minimum absolute atomic E-state index is 1.18. The van der Waals surface area contributed by atoms with Crippen molar-refractivity contribution in [3.05, 3.63) is 133 Å². The van der Waals surface area contributed by atoms with Gasteiger partial charge in [0.05, 0.1) is 22.1 Å². The lowest BCUT2D eigenvalue weighted by Crippen LogP contribution is -1.95. The van der Waals surface area contributed by atoms with Crippen molar-refractivity contribution in [2.24, 2.45) is 0 Å². The smallest absolute Gasteiger partial charge is 0.0562 e. The second kappa shape index (κ2) is 7.83. The molecule has 0 amide bonds. The van der Waals surface area contributed by atoms with E-state index in [1.807, 2.05) is 11.3 Å². The van der Waals surface area contributed by atoms with E-state index >= 15 is 0 Å². The standard InChI is InChI=1S/C36H22N2S/c1-3-11-23(12-4-1)37-30-17-9-7-15-25(30)28-21-29-33(22-32(28)37)38(24-13-5-2-6-14-24)31-20-19-27-26-16-8-10-18-34(26)39-36(27)35(29)31/h1-22H. The van der Waals surface area contributed by atoms with E-state index in [9.17, 15) is 0 Å². The summed E-state index contributed by atoms with van der Waals surface area (Å²) in [6.07, 6.45) is 0. The number of benzene rings is 6. The number of thiophene rings is 1. The summed E-state index contributed by atoms with van der Waals surface area (Å²) in [5, 5.41) is 7.87.